The molecule has 0 saturated carbocycles. The Balaban J connectivity index is 2.24. The van der Waals surface area contributed by atoms with Crippen LogP contribution >= 0.6 is 0 Å². The van der Waals surface area contributed by atoms with Gasteiger partial charge in [0.25, 0.3) is 0 Å². The highest BCUT2D eigenvalue weighted by Crippen LogP contribution is 2.30. The molecule has 0 aromatic rings. The van der Waals surface area contributed by atoms with E-state index in [9.17, 15) is 4.79 Å². The van der Waals surface area contributed by atoms with Gasteiger partial charge in [-0.1, -0.05) is 6.58 Å². The van der Waals surface area contributed by atoms with Gasteiger partial charge in [-0.25, -0.2) is 0 Å². The van der Waals surface area contributed by atoms with Crippen molar-refractivity contribution in [3.8, 4) is 0 Å². The van der Waals surface area contributed by atoms with E-state index in [0.717, 1.165) is 18.5 Å². The Bertz CT molecular complexity index is 197. The van der Waals surface area contributed by atoms with E-state index in [4.69, 9.17) is 0 Å². The topological polar surface area (TPSA) is 20.3 Å². The molecule has 0 radical (unpaired) electrons. The molecule has 2 aliphatic rings. The van der Waals surface area contributed by atoms with Crippen LogP contribution in [0.3, 0.4) is 0 Å². The zero-order valence-corrected chi connectivity index (χ0v) is 5.97. The number of rotatable bonds is 0. The molecule has 0 aromatic carbocycles. The molecule has 2 nitrogen and oxygen atoms in total. The summed E-state index contributed by atoms with van der Waals surface area (Å²) in [6, 6.07) is 0.514. The van der Waals surface area contributed by atoms with Crippen molar-refractivity contribution in [3.63, 3.8) is 0 Å². The third kappa shape index (κ3) is 0.618. The highest BCUT2D eigenvalue weighted by Gasteiger charge is 2.36. The molecule has 0 bridgehead atoms. The van der Waals surface area contributed by atoms with E-state index < -0.39 is 0 Å². The van der Waals surface area contributed by atoms with Gasteiger partial charge >= 0.3 is 0 Å². The fourth-order valence-corrected chi connectivity index (χ4v) is 1.89. The SMILES string of the molecule is C=C1CC2CCCN2C1=O. The predicted molar refractivity (Wildman–Crippen MR) is 38.5 cm³/mol. The van der Waals surface area contributed by atoms with Crippen LogP contribution in [0.5, 0.6) is 0 Å². The average molecular weight is 137 g/mol. The van der Waals surface area contributed by atoms with Gasteiger partial charge in [0.05, 0.1) is 0 Å². The van der Waals surface area contributed by atoms with Gasteiger partial charge in [-0.2, -0.15) is 0 Å². The summed E-state index contributed by atoms with van der Waals surface area (Å²) in [6.45, 7) is 4.69. The number of carbonyl (C=O) groups is 1. The lowest BCUT2D eigenvalue weighted by Gasteiger charge is -2.12. The highest BCUT2D eigenvalue weighted by atomic mass is 16.2. The summed E-state index contributed by atoms with van der Waals surface area (Å²) in [5.74, 6) is 0.197. The quantitative estimate of drug-likeness (QED) is 0.455. The van der Waals surface area contributed by atoms with Crippen LogP contribution in [0.4, 0.5) is 0 Å². The van der Waals surface area contributed by atoms with Crippen molar-refractivity contribution < 1.29 is 4.79 Å². The van der Waals surface area contributed by atoms with Crippen molar-refractivity contribution >= 4 is 5.91 Å². The normalized spacial score (nSPS) is 31.6. The molecule has 1 amide bonds. The minimum Gasteiger partial charge on any atom is -0.336 e. The summed E-state index contributed by atoms with van der Waals surface area (Å²) >= 11 is 0. The third-order valence-corrected chi connectivity index (χ3v) is 2.42. The minimum absolute atomic E-state index is 0.197. The van der Waals surface area contributed by atoms with Gasteiger partial charge in [0.1, 0.15) is 0 Å². The lowest BCUT2D eigenvalue weighted by molar-refractivity contribution is -0.125. The Morgan fingerprint density at radius 3 is 3.10 bits per heavy atom. The van der Waals surface area contributed by atoms with Crippen LogP contribution in [0.15, 0.2) is 12.2 Å². The zero-order chi connectivity index (χ0) is 7.14. The molecule has 2 rings (SSSR count). The van der Waals surface area contributed by atoms with Gasteiger partial charge < -0.3 is 4.90 Å². The number of hydrogen-bond acceptors (Lipinski definition) is 1. The minimum atomic E-state index is 0.197. The van der Waals surface area contributed by atoms with E-state index in [1.807, 2.05) is 4.90 Å². The molecule has 0 aromatic heterocycles. The van der Waals surface area contributed by atoms with E-state index in [-0.39, 0.29) is 5.91 Å². The molecule has 2 heterocycles. The number of fused-ring (bicyclic) bond motifs is 1. The molecular weight excluding hydrogens is 126 g/mol. The van der Waals surface area contributed by atoms with Crippen LogP contribution in [0.2, 0.25) is 0 Å². The second-order valence-corrected chi connectivity index (χ2v) is 3.10. The van der Waals surface area contributed by atoms with Crippen molar-refractivity contribution in [2.75, 3.05) is 6.54 Å². The maximum atomic E-state index is 11.2. The summed E-state index contributed by atoms with van der Waals surface area (Å²) in [6.07, 6.45) is 3.28. The molecule has 2 saturated heterocycles. The van der Waals surface area contributed by atoms with Gasteiger partial charge in [-0.3, -0.25) is 4.79 Å². The van der Waals surface area contributed by atoms with Crippen molar-refractivity contribution in [1.29, 1.82) is 0 Å². The maximum absolute atomic E-state index is 11.2. The Morgan fingerprint density at radius 2 is 2.40 bits per heavy atom. The lowest BCUT2D eigenvalue weighted by atomic mass is 10.1. The summed E-state index contributed by atoms with van der Waals surface area (Å²) in [7, 11) is 0. The maximum Gasteiger partial charge on any atom is 0.249 e. The number of amides is 1. The van der Waals surface area contributed by atoms with Crippen molar-refractivity contribution in [1.82, 2.24) is 4.90 Å². The van der Waals surface area contributed by atoms with Gasteiger partial charge in [-0.15, -0.1) is 0 Å². The summed E-state index contributed by atoms with van der Waals surface area (Å²) in [5.41, 5.74) is 0.810. The average Bonchev–Trinajstić information content (AvgIpc) is 2.41. The monoisotopic (exact) mass is 137 g/mol. The predicted octanol–water partition coefficient (Wildman–Crippen LogP) is 0.937. The second-order valence-electron chi connectivity index (χ2n) is 3.10. The Hall–Kier alpha value is -0.790. The molecule has 0 aliphatic carbocycles. The Kier molecular flexibility index (Phi) is 1.10. The van der Waals surface area contributed by atoms with Crippen LogP contribution in [0.1, 0.15) is 19.3 Å². The van der Waals surface area contributed by atoms with E-state index in [2.05, 4.69) is 6.58 Å². The molecule has 1 atom stereocenters. The summed E-state index contributed by atoms with van der Waals surface area (Å²) in [4.78, 5) is 13.2. The first-order valence-electron chi connectivity index (χ1n) is 3.78. The molecule has 0 N–H and O–H groups in total. The first-order valence-corrected chi connectivity index (χ1v) is 3.78. The van der Waals surface area contributed by atoms with Gasteiger partial charge in [0, 0.05) is 18.2 Å². The van der Waals surface area contributed by atoms with E-state index in [1.165, 1.54) is 12.8 Å². The molecule has 2 fully saturated rings. The Morgan fingerprint density at radius 1 is 1.60 bits per heavy atom. The van der Waals surface area contributed by atoms with Crippen LogP contribution in [0, 0.1) is 0 Å². The van der Waals surface area contributed by atoms with E-state index in [1.54, 1.807) is 0 Å². The molecule has 1 unspecified atom stereocenters. The van der Waals surface area contributed by atoms with Gasteiger partial charge in [-0.05, 0) is 19.3 Å². The van der Waals surface area contributed by atoms with Crippen LogP contribution in [0.25, 0.3) is 0 Å². The Labute approximate surface area is 60.5 Å². The smallest absolute Gasteiger partial charge is 0.249 e. The van der Waals surface area contributed by atoms with Crippen LogP contribution in [-0.2, 0) is 4.79 Å². The molecule has 54 valence electrons. The summed E-state index contributed by atoms with van der Waals surface area (Å²) in [5, 5.41) is 0. The van der Waals surface area contributed by atoms with Crippen molar-refractivity contribution in [2.24, 2.45) is 0 Å². The van der Waals surface area contributed by atoms with Crippen molar-refractivity contribution in [2.45, 2.75) is 25.3 Å². The fraction of sp³-hybridized carbons (Fsp3) is 0.625. The summed E-state index contributed by atoms with van der Waals surface area (Å²) < 4.78 is 0. The molecule has 10 heavy (non-hydrogen) atoms. The first kappa shape index (κ1) is 5.96. The number of nitrogens with zero attached hydrogens (tertiary/aromatic N) is 1. The highest BCUT2D eigenvalue weighted by molar-refractivity contribution is 5.95. The zero-order valence-electron chi connectivity index (χ0n) is 5.97. The van der Waals surface area contributed by atoms with Crippen LogP contribution < -0.4 is 0 Å². The largest absolute Gasteiger partial charge is 0.336 e. The number of carbonyl (C=O) groups excluding carboxylic acids is 1. The molecule has 2 aliphatic heterocycles. The molecule has 2 heteroatoms. The lowest BCUT2D eigenvalue weighted by Crippen LogP contribution is -2.26. The first-order chi connectivity index (χ1) is 4.79. The number of hydrogen-bond donors (Lipinski definition) is 0. The van der Waals surface area contributed by atoms with E-state index in [0.29, 0.717) is 6.04 Å². The second kappa shape index (κ2) is 1.84. The molecular formula is C8H11NO. The van der Waals surface area contributed by atoms with E-state index >= 15 is 0 Å². The van der Waals surface area contributed by atoms with Gasteiger partial charge in [0.2, 0.25) is 5.91 Å². The third-order valence-electron chi connectivity index (χ3n) is 2.42. The molecule has 0 spiro atoms. The van der Waals surface area contributed by atoms with Crippen molar-refractivity contribution in [3.05, 3.63) is 12.2 Å². The van der Waals surface area contributed by atoms with Crippen LogP contribution in [-0.4, -0.2) is 23.4 Å². The fourth-order valence-electron chi connectivity index (χ4n) is 1.89. The standard InChI is InChI=1S/C8H11NO/c1-6-5-7-3-2-4-9(7)8(6)10/h7H,1-5H2. The van der Waals surface area contributed by atoms with Gasteiger partial charge in [0.15, 0.2) is 0 Å².